The van der Waals surface area contributed by atoms with Crippen molar-refractivity contribution in [3.05, 3.63) is 23.8 Å². The van der Waals surface area contributed by atoms with E-state index >= 15 is 0 Å². The van der Waals surface area contributed by atoms with Crippen LogP contribution in [0.15, 0.2) is 23.8 Å². The van der Waals surface area contributed by atoms with E-state index in [0.29, 0.717) is 0 Å². The standard InChI is InChI=1S/C34H67N/c1-6-8-10-11-17-21-25-29-34(31-32-35(4)5)30-26-22-19-16-14-12-13-15-18-20-24-28-33(3)27-23-9-7-2/h18,20,28,34H,6-17,19,21-27,29-32H2,1-5H3/b20-18-,33-28-. The average molecular weight is 490 g/mol. The molecule has 1 heteroatoms. The molecule has 0 rings (SSSR count). The lowest BCUT2D eigenvalue weighted by atomic mass is 9.91. The van der Waals surface area contributed by atoms with Crippen LogP contribution in [-0.2, 0) is 0 Å². The average Bonchev–Trinajstić information content (AvgIpc) is 2.84. The summed E-state index contributed by atoms with van der Waals surface area (Å²) in [5.41, 5.74) is 1.57. The molecule has 1 atom stereocenters. The minimum absolute atomic E-state index is 0.967. The maximum Gasteiger partial charge on any atom is -0.00222 e. The molecule has 0 bridgehead atoms. The third-order valence-corrected chi connectivity index (χ3v) is 7.63. The van der Waals surface area contributed by atoms with E-state index < -0.39 is 0 Å². The van der Waals surface area contributed by atoms with Gasteiger partial charge in [0.15, 0.2) is 0 Å². The van der Waals surface area contributed by atoms with E-state index in [0.717, 1.165) is 12.3 Å². The van der Waals surface area contributed by atoms with Gasteiger partial charge in [-0.05, 0) is 72.0 Å². The Hall–Kier alpha value is -0.560. The van der Waals surface area contributed by atoms with Gasteiger partial charge in [-0.3, -0.25) is 0 Å². The van der Waals surface area contributed by atoms with Gasteiger partial charge in [-0.1, -0.05) is 147 Å². The van der Waals surface area contributed by atoms with Crippen molar-refractivity contribution in [3.63, 3.8) is 0 Å². The molecule has 0 heterocycles. The van der Waals surface area contributed by atoms with Crippen molar-refractivity contribution < 1.29 is 0 Å². The molecule has 0 fully saturated rings. The Morgan fingerprint density at radius 1 is 0.600 bits per heavy atom. The highest BCUT2D eigenvalue weighted by Crippen LogP contribution is 2.22. The van der Waals surface area contributed by atoms with E-state index in [9.17, 15) is 0 Å². The molecule has 0 N–H and O–H groups in total. The molecule has 0 saturated heterocycles. The first kappa shape index (κ1) is 34.4. The van der Waals surface area contributed by atoms with Gasteiger partial charge in [-0.15, -0.1) is 0 Å². The summed E-state index contributed by atoms with van der Waals surface area (Å²) < 4.78 is 0. The number of nitrogens with zero attached hydrogens (tertiary/aromatic N) is 1. The smallest absolute Gasteiger partial charge is 0.00222 e. The molecule has 0 aliphatic carbocycles. The van der Waals surface area contributed by atoms with Crippen molar-refractivity contribution >= 4 is 0 Å². The zero-order valence-corrected chi connectivity index (χ0v) is 25.2. The monoisotopic (exact) mass is 490 g/mol. The number of unbranched alkanes of at least 4 members (excludes halogenated alkanes) is 15. The third-order valence-electron chi connectivity index (χ3n) is 7.63. The Kier molecular flexibility index (Phi) is 27.6. The molecule has 0 saturated carbocycles. The lowest BCUT2D eigenvalue weighted by Gasteiger charge is -2.19. The molecule has 1 unspecified atom stereocenters. The van der Waals surface area contributed by atoms with E-state index in [4.69, 9.17) is 0 Å². The Labute approximate surface area is 223 Å². The van der Waals surface area contributed by atoms with E-state index in [1.54, 1.807) is 5.57 Å². The van der Waals surface area contributed by atoms with Gasteiger partial charge in [0, 0.05) is 0 Å². The number of hydrogen-bond donors (Lipinski definition) is 0. The third kappa shape index (κ3) is 27.9. The first-order valence-electron chi connectivity index (χ1n) is 16.0. The van der Waals surface area contributed by atoms with Gasteiger partial charge in [0.2, 0.25) is 0 Å². The normalized spacial score (nSPS) is 13.4. The van der Waals surface area contributed by atoms with Gasteiger partial charge >= 0.3 is 0 Å². The maximum atomic E-state index is 2.42. The van der Waals surface area contributed by atoms with Crippen molar-refractivity contribution in [3.8, 4) is 0 Å². The van der Waals surface area contributed by atoms with Gasteiger partial charge < -0.3 is 4.90 Å². The molecule has 1 nitrogen and oxygen atoms in total. The highest BCUT2D eigenvalue weighted by Gasteiger charge is 2.09. The zero-order valence-electron chi connectivity index (χ0n) is 25.2. The van der Waals surface area contributed by atoms with Crippen molar-refractivity contribution in [1.29, 1.82) is 0 Å². The Balaban J connectivity index is 3.68. The van der Waals surface area contributed by atoms with Crippen LogP contribution in [-0.4, -0.2) is 25.5 Å². The summed E-state index contributed by atoms with van der Waals surface area (Å²) in [4.78, 5) is 2.37. The molecule has 0 amide bonds. The van der Waals surface area contributed by atoms with Gasteiger partial charge in [-0.25, -0.2) is 0 Å². The van der Waals surface area contributed by atoms with Gasteiger partial charge in [0.25, 0.3) is 0 Å². The second-order valence-corrected chi connectivity index (χ2v) is 11.6. The van der Waals surface area contributed by atoms with Crippen LogP contribution in [0.3, 0.4) is 0 Å². The summed E-state index contributed by atoms with van der Waals surface area (Å²) in [6.07, 6.45) is 39.5. The summed E-state index contributed by atoms with van der Waals surface area (Å²) in [6.45, 7) is 8.16. The van der Waals surface area contributed by atoms with Crippen molar-refractivity contribution in [2.75, 3.05) is 20.6 Å². The van der Waals surface area contributed by atoms with Crippen LogP contribution in [0, 0.1) is 5.92 Å². The molecule has 0 aromatic heterocycles. The number of hydrogen-bond acceptors (Lipinski definition) is 1. The van der Waals surface area contributed by atoms with Crippen molar-refractivity contribution in [2.24, 2.45) is 5.92 Å². The highest BCUT2D eigenvalue weighted by atomic mass is 15.0. The second kappa shape index (κ2) is 28.0. The molecule has 0 aliphatic rings. The molecule has 0 radical (unpaired) electrons. The number of rotatable bonds is 27. The Bertz CT molecular complexity index is 461. The quantitative estimate of drug-likeness (QED) is 0.0818. The lowest BCUT2D eigenvalue weighted by Crippen LogP contribution is -2.17. The first-order chi connectivity index (χ1) is 17.1. The first-order valence-corrected chi connectivity index (χ1v) is 16.0. The van der Waals surface area contributed by atoms with E-state index in [2.05, 4.69) is 58.0 Å². The predicted octanol–water partition coefficient (Wildman–Crippen LogP) is 11.7. The van der Waals surface area contributed by atoms with Crippen LogP contribution in [0.2, 0.25) is 0 Å². The molecule has 0 aliphatic heterocycles. The minimum atomic E-state index is 0.967. The molecular formula is C34H67N. The van der Waals surface area contributed by atoms with Crippen LogP contribution < -0.4 is 0 Å². The van der Waals surface area contributed by atoms with E-state index in [-0.39, 0.29) is 0 Å². The maximum absolute atomic E-state index is 2.42. The summed E-state index contributed by atoms with van der Waals surface area (Å²) >= 11 is 0. The lowest BCUT2D eigenvalue weighted by molar-refractivity contribution is 0.314. The fourth-order valence-electron chi connectivity index (χ4n) is 5.08. The zero-order chi connectivity index (χ0) is 25.8. The van der Waals surface area contributed by atoms with Crippen LogP contribution in [0.25, 0.3) is 0 Å². The molecule has 0 spiro atoms. The highest BCUT2D eigenvalue weighted by molar-refractivity contribution is 5.02. The van der Waals surface area contributed by atoms with Gasteiger partial charge in [0.05, 0.1) is 0 Å². The molecule has 35 heavy (non-hydrogen) atoms. The molecule has 0 aromatic rings. The topological polar surface area (TPSA) is 3.24 Å². The van der Waals surface area contributed by atoms with Crippen LogP contribution in [0.1, 0.15) is 168 Å². The largest absolute Gasteiger partial charge is 0.309 e. The van der Waals surface area contributed by atoms with Crippen LogP contribution in [0.4, 0.5) is 0 Å². The fraction of sp³-hybridized carbons (Fsp3) is 0.882. The van der Waals surface area contributed by atoms with E-state index in [1.807, 2.05) is 0 Å². The van der Waals surface area contributed by atoms with E-state index in [1.165, 1.54) is 148 Å². The number of allylic oxidation sites excluding steroid dienone is 4. The van der Waals surface area contributed by atoms with Crippen molar-refractivity contribution in [2.45, 2.75) is 168 Å². The van der Waals surface area contributed by atoms with Gasteiger partial charge in [0.1, 0.15) is 0 Å². The summed E-state index contributed by atoms with van der Waals surface area (Å²) in [5.74, 6) is 0.967. The summed E-state index contributed by atoms with van der Waals surface area (Å²) in [5, 5.41) is 0. The van der Waals surface area contributed by atoms with Crippen molar-refractivity contribution in [1.82, 2.24) is 4.90 Å². The predicted molar refractivity (Wildman–Crippen MR) is 162 cm³/mol. The van der Waals surface area contributed by atoms with Crippen LogP contribution >= 0.6 is 0 Å². The summed E-state index contributed by atoms with van der Waals surface area (Å²) in [7, 11) is 4.46. The van der Waals surface area contributed by atoms with Crippen LogP contribution in [0.5, 0.6) is 0 Å². The molecule has 0 aromatic carbocycles. The van der Waals surface area contributed by atoms with Gasteiger partial charge in [-0.2, -0.15) is 0 Å². The minimum Gasteiger partial charge on any atom is -0.309 e. The molecular weight excluding hydrogens is 422 g/mol. The Morgan fingerprint density at radius 3 is 1.69 bits per heavy atom. The second-order valence-electron chi connectivity index (χ2n) is 11.6. The molecule has 208 valence electrons. The summed E-state index contributed by atoms with van der Waals surface area (Å²) in [6, 6.07) is 0. The fourth-order valence-corrected chi connectivity index (χ4v) is 5.08. The Morgan fingerprint density at radius 2 is 1.11 bits per heavy atom. The SMILES string of the molecule is CCCCCCCCCC(CCCCCCCCC/C=C\C/C=C(/C)CCCCC)CCN(C)C.